The molecule has 2 nitrogen and oxygen atoms in total. The van der Waals surface area contributed by atoms with Crippen LogP contribution >= 0.6 is 0 Å². The Morgan fingerprint density at radius 3 is 2.32 bits per heavy atom. The van der Waals surface area contributed by atoms with E-state index in [-0.39, 0.29) is 17.8 Å². The van der Waals surface area contributed by atoms with E-state index in [2.05, 4.69) is 40.7 Å². The average Bonchev–Trinajstić information content (AvgIpc) is 2.84. The summed E-state index contributed by atoms with van der Waals surface area (Å²) >= 11 is 0. The summed E-state index contributed by atoms with van der Waals surface area (Å²) in [6.45, 7) is 11.1. The van der Waals surface area contributed by atoms with Gasteiger partial charge in [-0.3, -0.25) is 4.79 Å². The minimum absolute atomic E-state index is 0.0450. The van der Waals surface area contributed by atoms with Gasteiger partial charge in [0.15, 0.2) is 5.78 Å². The number of carbonyl (C=O) groups is 1. The topological polar surface area (TPSA) is 26.3 Å². The van der Waals surface area contributed by atoms with E-state index in [1.165, 1.54) is 11.1 Å². The summed E-state index contributed by atoms with van der Waals surface area (Å²) < 4.78 is 5.68. The lowest BCUT2D eigenvalue weighted by Crippen LogP contribution is -2.25. The first kappa shape index (κ1) is 14.3. The summed E-state index contributed by atoms with van der Waals surface area (Å²) in [6, 6.07) is 2.17. The monoisotopic (exact) mass is 260 g/mol. The zero-order valence-corrected chi connectivity index (χ0v) is 12.7. The number of carbonyl (C=O) groups excluding carboxylic acids is 1. The predicted octanol–water partition coefficient (Wildman–Crippen LogP) is 3.92. The van der Waals surface area contributed by atoms with Gasteiger partial charge in [-0.05, 0) is 62.8 Å². The van der Waals surface area contributed by atoms with Crippen LogP contribution in [0.3, 0.4) is 0 Å². The van der Waals surface area contributed by atoms with Crippen molar-refractivity contribution in [2.75, 3.05) is 6.61 Å². The van der Waals surface area contributed by atoms with Gasteiger partial charge in [-0.15, -0.1) is 0 Å². The maximum absolute atomic E-state index is 12.9. The van der Waals surface area contributed by atoms with Crippen LogP contribution in [0.2, 0.25) is 0 Å². The number of hydrogen-bond donors (Lipinski definition) is 0. The Kier molecular flexibility index (Phi) is 4.10. The van der Waals surface area contributed by atoms with Crippen molar-refractivity contribution in [1.29, 1.82) is 0 Å². The number of aryl methyl sites for hydroxylation is 2. The molecular weight excluding hydrogens is 236 g/mol. The molecule has 1 aromatic rings. The molecule has 1 fully saturated rings. The van der Waals surface area contributed by atoms with Gasteiger partial charge >= 0.3 is 0 Å². The lowest BCUT2D eigenvalue weighted by atomic mass is 9.84. The number of rotatable bonds is 3. The van der Waals surface area contributed by atoms with Crippen LogP contribution in [0.5, 0.6) is 0 Å². The van der Waals surface area contributed by atoms with Crippen molar-refractivity contribution in [2.24, 2.45) is 5.92 Å². The maximum Gasteiger partial charge on any atom is 0.169 e. The van der Waals surface area contributed by atoms with E-state index < -0.39 is 0 Å². The normalized spacial score (nSPS) is 22.8. The van der Waals surface area contributed by atoms with Crippen LogP contribution in [0, 0.1) is 33.6 Å². The van der Waals surface area contributed by atoms with Crippen LogP contribution in [0.4, 0.5) is 0 Å². The second kappa shape index (κ2) is 5.46. The third-order valence-electron chi connectivity index (χ3n) is 4.56. The van der Waals surface area contributed by atoms with Crippen molar-refractivity contribution in [3.63, 3.8) is 0 Å². The molecule has 2 heteroatoms. The second-order valence-electron chi connectivity index (χ2n) is 5.71. The Morgan fingerprint density at radius 1 is 1.21 bits per heavy atom. The molecule has 0 saturated carbocycles. The standard InChI is InChI=1S/C17H24O2/c1-6-15-14(7-8-19-15)17(18)16-12(4)10(2)9-11(3)13(16)5/h9,14-15H,6-8H2,1-5H3. The molecule has 0 aliphatic carbocycles. The minimum Gasteiger partial charge on any atom is -0.377 e. The molecular formula is C17H24O2. The number of benzene rings is 1. The highest BCUT2D eigenvalue weighted by Crippen LogP contribution is 2.31. The quantitative estimate of drug-likeness (QED) is 0.770. The van der Waals surface area contributed by atoms with Gasteiger partial charge in [0.2, 0.25) is 0 Å². The molecule has 2 atom stereocenters. The highest BCUT2D eigenvalue weighted by molar-refractivity contribution is 6.01. The van der Waals surface area contributed by atoms with Crippen molar-refractivity contribution in [3.8, 4) is 0 Å². The molecule has 1 aliphatic heterocycles. The molecule has 104 valence electrons. The second-order valence-corrected chi connectivity index (χ2v) is 5.71. The first-order valence-corrected chi connectivity index (χ1v) is 7.20. The molecule has 2 unspecified atom stereocenters. The van der Waals surface area contributed by atoms with Crippen LogP contribution in [0.1, 0.15) is 52.4 Å². The molecule has 1 saturated heterocycles. The van der Waals surface area contributed by atoms with Gasteiger partial charge in [-0.1, -0.05) is 13.0 Å². The van der Waals surface area contributed by atoms with Crippen LogP contribution in [-0.4, -0.2) is 18.5 Å². The molecule has 2 rings (SSSR count). The molecule has 0 aromatic heterocycles. The van der Waals surface area contributed by atoms with Crippen molar-refractivity contribution in [3.05, 3.63) is 33.9 Å². The van der Waals surface area contributed by atoms with Gasteiger partial charge in [-0.2, -0.15) is 0 Å². The van der Waals surface area contributed by atoms with Crippen molar-refractivity contribution >= 4 is 5.78 Å². The lowest BCUT2D eigenvalue weighted by molar-refractivity contribution is 0.0688. The van der Waals surface area contributed by atoms with Crippen molar-refractivity contribution < 1.29 is 9.53 Å². The summed E-state index contributed by atoms with van der Waals surface area (Å²) in [5.74, 6) is 0.328. The largest absolute Gasteiger partial charge is 0.377 e. The van der Waals surface area contributed by atoms with E-state index in [0.717, 1.165) is 36.1 Å². The van der Waals surface area contributed by atoms with Crippen molar-refractivity contribution in [2.45, 2.75) is 53.6 Å². The summed E-state index contributed by atoms with van der Waals surface area (Å²) in [7, 11) is 0. The van der Waals surface area contributed by atoms with E-state index in [9.17, 15) is 4.79 Å². The SMILES string of the molecule is CCC1OCCC1C(=O)c1c(C)c(C)cc(C)c1C. The lowest BCUT2D eigenvalue weighted by Gasteiger charge is -2.20. The Hall–Kier alpha value is -1.15. The fourth-order valence-electron chi connectivity index (χ4n) is 3.12. The molecule has 0 amide bonds. The fourth-order valence-corrected chi connectivity index (χ4v) is 3.12. The zero-order valence-electron chi connectivity index (χ0n) is 12.7. The highest BCUT2D eigenvalue weighted by atomic mass is 16.5. The van der Waals surface area contributed by atoms with Gasteiger partial charge < -0.3 is 4.74 Å². The number of hydrogen-bond acceptors (Lipinski definition) is 2. The summed E-state index contributed by atoms with van der Waals surface area (Å²) in [5.41, 5.74) is 5.62. The Bertz CT molecular complexity index is 476. The summed E-state index contributed by atoms with van der Waals surface area (Å²) in [5, 5.41) is 0. The third kappa shape index (κ3) is 2.46. The van der Waals surface area contributed by atoms with Crippen LogP contribution in [-0.2, 0) is 4.74 Å². The van der Waals surface area contributed by atoms with Gasteiger partial charge in [0.1, 0.15) is 0 Å². The third-order valence-corrected chi connectivity index (χ3v) is 4.56. The van der Waals surface area contributed by atoms with Crippen molar-refractivity contribution in [1.82, 2.24) is 0 Å². The smallest absolute Gasteiger partial charge is 0.169 e. The van der Waals surface area contributed by atoms with E-state index in [1.54, 1.807) is 0 Å². The van der Waals surface area contributed by atoms with Gasteiger partial charge in [0.05, 0.1) is 12.0 Å². The molecule has 0 bridgehead atoms. The molecule has 1 heterocycles. The minimum atomic E-state index is 0.0450. The number of ketones is 1. The Balaban J connectivity index is 2.44. The summed E-state index contributed by atoms with van der Waals surface area (Å²) in [6.07, 6.45) is 1.88. The number of Topliss-reactive ketones (excluding diaryl/α,β-unsaturated/α-hetero) is 1. The first-order valence-electron chi connectivity index (χ1n) is 7.20. The van der Waals surface area contributed by atoms with E-state index >= 15 is 0 Å². The Morgan fingerprint density at radius 2 is 1.79 bits per heavy atom. The van der Waals surface area contributed by atoms with Crippen LogP contribution < -0.4 is 0 Å². The molecule has 1 aliphatic rings. The Labute approximate surface area is 116 Å². The zero-order chi connectivity index (χ0) is 14.2. The maximum atomic E-state index is 12.9. The number of ether oxygens (including phenoxy) is 1. The van der Waals surface area contributed by atoms with Gasteiger partial charge in [0, 0.05) is 12.2 Å². The molecule has 1 aromatic carbocycles. The first-order chi connectivity index (χ1) is 8.97. The average molecular weight is 260 g/mol. The van der Waals surface area contributed by atoms with E-state index in [4.69, 9.17) is 4.74 Å². The predicted molar refractivity (Wildman–Crippen MR) is 77.9 cm³/mol. The van der Waals surface area contributed by atoms with Crippen LogP contribution in [0.25, 0.3) is 0 Å². The molecule has 0 spiro atoms. The van der Waals surface area contributed by atoms with E-state index in [1.807, 2.05) is 0 Å². The highest BCUT2D eigenvalue weighted by Gasteiger charge is 2.34. The van der Waals surface area contributed by atoms with Gasteiger partial charge in [-0.25, -0.2) is 0 Å². The summed E-state index contributed by atoms with van der Waals surface area (Å²) in [4.78, 5) is 12.9. The van der Waals surface area contributed by atoms with Gasteiger partial charge in [0.25, 0.3) is 0 Å². The fraction of sp³-hybridized carbons (Fsp3) is 0.588. The molecule has 0 radical (unpaired) electrons. The molecule has 19 heavy (non-hydrogen) atoms. The van der Waals surface area contributed by atoms with E-state index in [0.29, 0.717) is 0 Å². The van der Waals surface area contributed by atoms with Crippen LogP contribution in [0.15, 0.2) is 6.07 Å². The molecule has 0 N–H and O–H groups in total.